The van der Waals surface area contributed by atoms with Gasteiger partial charge in [0.1, 0.15) is 5.82 Å². The Morgan fingerprint density at radius 2 is 1.60 bits per heavy atom. The zero-order chi connectivity index (χ0) is 28.5. The summed E-state index contributed by atoms with van der Waals surface area (Å²) in [6.07, 6.45) is 6.78. The van der Waals surface area contributed by atoms with Crippen molar-refractivity contribution in [3.63, 3.8) is 0 Å². The average molecular weight is 541 g/mol. The van der Waals surface area contributed by atoms with Crippen LogP contribution in [-0.2, 0) is 15.1 Å². The average Bonchev–Trinajstić information content (AvgIpc) is 2.92. The van der Waals surface area contributed by atoms with Gasteiger partial charge in [0.2, 0.25) is 11.8 Å². The van der Waals surface area contributed by atoms with Crippen LogP contribution in [0.15, 0.2) is 66.9 Å². The minimum atomic E-state index is -0.706. The Morgan fingerprint density at radius 3 is 2.20 bits per heavy atom. The van der Waals surface area contributed by atoms with E-state index < -0.39 is 11.1 Å². The van der Waals surface area contributed by atoms with E-state index in [9.17, 15) is 14.7 Å². The zero-order valence-electron chi connectivity index (χ0n) is 23.7. The lowest BCUT2D eigenvalue weighted by Gasteiger charge is -2.49. The Hall–Kier alpha value is -3.55. The van der Waals surface area contributed by atoms with E-state index in [1.54, 1.807) is 19.0 Å². The standard InChI is InChI=1S/C33H40N4O3/c1-32(40)20-33(34,21-32)26-15-13-24(14-16-26)28-19-35-29(18-27(28)23-7-5-4-6-8-23)36-30(38)17-22-9-11-25(12-10-22)31(39)37(2)3/h4-8,13-16,18-19,22,25,40H,9-12,17,20-21,34H2,1-3H3,(H,35,36,38). The van der Waals surface area contributed by atoms with Crippen LogP contribution in [0.1, 0.15) is 57.4 Å². The Kier molecular flexibility index (Phi) is 7.80. The number of aromatic nitrogens is 1. The normalized spacial score (nSPS) is 26.0. The molecule has 0 saturated heterocycles. The van der Waals surface area contributed by atoms with E-state index in [-0.39, 0.29) is 23.7 Å². The fourth-order valence-corrected chi connectivity index (χ4v) is 6.54. The van der Waals surface area contributed by atoms with Crippen molar-refractivity contribution >= 4 is 17.6 Å². The Morgan fingerprint density at radius 1 is 0.975 bits per heavy atom. The first kappa shape index (κ1) is 28.0. The molecule has 0 aliphatic heterocycles. The fourth-order valence-electron chi connectivity index (χ4n) is 6.54. The van der Waals surface area contributed by atoms with E-state index >= 15 is 0 Å². The topological polar surface area (TPSA) is 109 Å². The van der Waals surface area contributed by atoms with E-state index in [1.807, 2.05) is 49.5 Å². The molecule has 7 heteroatoms. The van der Waals surface area contributed by atoms with Crippen LogP contribution in [0.5, 0.6) is 0 Å². The summed E-state index contributed by atoms with van der Waals surface area (Å²) in [7, 11) is 3.60. The maximum Gasteiger partial charge on any atom is 0.225 e. The van der Waals surface area contributed by atoms with Crippen LogP contribution < -0.4 is 11.1 Å². The summed E-state index contributed by atoms with van der Waals surface area (Å²) in [6, 6.07) is 20.2. The Bertz CT molecular complexity index is 1350. The number of aliphatic hydroxyl groups is 1. The number of carbonyl (C=O) groups is 2. The number of anilines is 1. The number of hydrogen-bond donors (Lipinski definition) is 3. The van der Waals surface area contributed by atoms with Gasteiger partial charge in [-0.15, -0.1) is 0 Å². The molecule has 1 heterocycles. The summed E-state index contributed by atoms with van der Waals surface area (Å²) >= 11 is 0. The summed E-state index contributed by atoms with van der Waals surface area (Å²) in [5.41, 5.74) is 10.3. The van der Waals surface area contributed by atoms with Gasteiger partial charge in [0.05, 0.1) is 5.60 Å². The summed E-state index contributed by atoms with van der Waals surface area (Å²) in [5.74, 6) is 1.02. The molecular weight excluding hydrogens is 500 g/mol. The summed E-state index contributed by atoms with van der Waals surface area (Å²) in [5, 5.41) is 13.2. The van der Waals surface area contributed by atoms with Gasteiger partial charge in [-0.05, 0) is 79.7 Å². The number of benzene rings is 2. The maximum absolute atomic E-state index is 13.0. The highest BCUT2D eigenvalue weighted by atomic mass is 16.3. The molecule has 2 aromatic carbocycles. The highest BCUT2D eigenvalue weighted by Gasteiger charge is 2.49. The Balaban J connectivity index is 1.30. The first-order valence-corrected chi connectivity index (χ1v) is 14.2. The molecule has 2 amide bonds. The molecule has 5 rings (SSSR count). The van der Waals surface area contributed by atoms with Crippen molar-refractivity contribution in [1.82, 2.24) is 9.88 Å². The van der Waals surface area contributed by atoms with Crippen molar-refractivity contribution < 1.29 is 14.7 Å². The number of hydrogen-bond acceptors (Lipinski definition) is 5. The first-order chi connectivity index (χ1) is 19.0. The molecule has 0 unspecified atom stereocenters. The molecule has 1 aromatic heterocycles. The molecule has 40 heavy (non-hydrogen) atoms. The van der Waals surface area contributed by atoms with Crippen LogP contribution >= 0.6 is 0 Å². The van der Waals surface area contributed by atoms with E-state index in [0.29, 0.717) is 25.1 Å². The van der Waals surface area contributed by atoms with Gasteiger partial charge in [0.25, 0.3) is 0 Å². The lowest BCUT2D eigenvalue weighted by molar-refractivity contribution is -0.134. The largest absolute Gasteiger partial charge is 0.390 e. The van der Waals surface area contributed by atoms with Crippen molar-refractivity contribution in [3.8, 4) is 22.3 Å². The molecule has 0 radical (unpaired) electrons. The fraction of sp³-hybridized carbons (Fsp3) is 0.424. The van der Waals surface area contributed by atoms with Gasteiger partial charge < -0.3 is 21.1 Å². The molecule has 0 atom stereocenters. The van der Waals surface area contributed by atoms with Crippen LogP contribution in [0.25, 0.3) is 22.3 Å². The van der Waals surface area contributed by atoms with Crippen LogP contribution in [0, 0.1) is 11.8 Å². The number of rotatable bonds is 7. The van der Waals surface area contributed by atoms with Crippen LogP contribution in [-0.4, -0.2) is 46.5 Å². The highest BCUT2D eigenvalue weighted by Crippen LogP contribution is 2.46. The number of nitrogens with zero attached hydrogens (tertiary/aromatic N) is 2. The maximum atomic E-state index is 13.0. The molecule has 2 aliphatic carbocycles. The van der Waals surface area contributed by atoms with Crippen molar-refractivity contribution in [2.75, 3.05) is 19.4 Å². The second kappa shape index (κ2) is 11.1. The molecule has 2 aliphatic rings. The minimum absolute atomic E-state index is 0.0457. The minimum Gasteiger partial charge on any atom is -0.390 e. The van der Waals surface area contributed by atoms with Crippen molar-refractivity contribution in [1.29, 1.82) is 0 Å². The number of nitrogens with two attached hydrogens (primary N) is 1. The molecule has 7 nitrogen and oxygen atoms in total. The van der Waals surface area contributed by atoms with E-state index in [2.05, 4.69) is 34.6 Å². The third-order valence-electron chi connectivity index (χ3n) is 8.53. The van der Waals surface area contributed by atoms with Crippen LogP contribution in [0.4, 0.5) is 5.82 Å². The molecule has 0 spiro atoms. The SMILES string of the molecule is CN(C)C(=O)C1CCC(CC(=O)Nc2cc(-c3ccccc3)c(-c3ccc(C4(N)CC(C)(O)C4)cc3)cn2)CC1. The number of pyridine rings is 1. The second-order valence-electron chi connectivity index (χ2n) is 12.3. The highest BCUT2D eigenvalue weighted by molar-refractivity contribution is 5.92. The third kappa shape index (κ3) is 6.11. The van der Waals surface area contributed by atoms with E-state index in [4.69, 9.17) is 5.73 Å². The predicted molar refractivity (Wildman–Crippen MR) is 158 cm³/mol. The Labute approximate surface area is 236 Å². The van der Waals surface area contributed by atoms with Gasteiger partial charge in [0, 0.05) is 43.7 Å². The molecule has 0 bridgehead atoms. The third-order valence-corrected chi connectivity index (χ3v) is 8.53. The van der Waals surface area contributed by atoms with Gasteiger partial charge in [-0.25, -0.2) is 4.98 Å². The van der Waals surface area contributed by atoms with Crippen LogP contribution in [0.3, 0.4) is 0 Å². The van der Waals surface area contributed by atoms with Crippen molar-refractivity contribution in [3.05, 3.63) is 72.4 Å². The lowest BCUT2D eigenvalue weighted by Crippen LogP contribution is -2.58. The van der Waals surface area contributed by atoms with Crippen molar-refractivity contribution in [2.45, 2.75) is 63.0 Å². The quantitative estimate of drug-likeness (QED) is 0.375. The van der Waals surface area contributed by atoms with Gasteiger partial charge in [0.15, 0.2) is 0 Å². The summed E-state index contributed by atoms with van der Waals surface area (Å²) in [6.45, 7) is 1.82. The summed E-state index contributed by atoms with van der Waals surface area (Å²) < 4.78 is 0. The van der Waals surface area contributed by atoms with Crippen LogP contribution in [0.2, 0.25) is 0 Å². The zero-order valence-corrected chi connectivity index (χ0v) is 23.7. The van der Waals surface area contributed by atoms with Gasteiger partial charge in [-0.3, -0.25) is 9.59 Å². The van der Waals surface area contributed by atoms with Gasteiger partial charge in [-0.1, -0.05) is 54.6 Å². The lowest BCUT2D eigenvalue weighted by atomic mass is 9.63. The molecule has 210 valence electrons. The smallest absolute Gasteiger partial charge is 0.225 e. The predicted octanol–water partition coefficient (Wildman–Crippen LogP) is 5.34. The first-order valence-electron chi connectivity index (χ1n) is 14.2. The second-order valence-corrected chi connectivity index (χ2v) is 12.3. The number of nitrogens with one attached hydrogen (secondary N) is 1. The number of carbonyl (C=O) groups excluding carboxylic acids is 2. The van der Waals surface area contributed by atoms with E-state index in [1.165, 1.54) is 0 Å². The monoisotopic (exact) mass is 540 g/mol. The van der Waals surface area contributed by atoms with Gasteiger partial charge >= 0.3 is 0 Å². The molecular formula is C33H40N4O3. The molecule has 2 fully saturated rings. The summed E-state index contributed by atoms with van der Waals surface area (Å²) in [4.78, 5) is 31.5. The molecule has 4 N–H and O–H groups in total. The molecule has 3 aromatic rings. The molecule has 2 saturated carbocycles. The van der Waals surface area contributed by atoms with Gasteiger partial charge in [-0.2, -0.15) is 0 Å². The number of amides is 2. The van der Waals surface area contributed by atoms with Crippen molar-refractivity contribution in [2.24, 2.45) is 17.6 Å². The van der Waals surface area contributed by atoms with E-state index in [0.717, 1.165) is 53.5 Å².